The Bertz CT molecular complexity index is 519. The van der Waals surface area contributed by atoms with Gasteiger partial charge in [-0.05, 0) is 24.6 Å². The number of anilines is 1. The van der Waals surface area contributed by atoms with E-state index < -0.39 is 0 Å². The van der Waals surface area contributed by atoms with Crippen LogP contribution in [0.1, 0.15) is 6.42 Å². The Morgan fingerprint density at radius 2 is 2.30 bits per heavy atom. The Morgan fingerprint density at radius 3 is 2.95 bits per heavy atom. The van der Waals surface area contributed by atoms with Crippen molar-refractivity contribution in [3.63, 3.8) is 0 Å². The number of hydrogen-bond acceptors (Lipinski definition) is 3. The lowest BCUT2D eigenvalue weighted by Gasteiger charge is -2.15. The first kappa shape index (κ1) is 14.9. The van der Waals surface area contributed by atoms with Crippen LogP contribution in [-0.2, 0) is 0 Å². The molecule has 108 valence electrons. The Hall–Kier alpha value is -1.53. The van der Waals surface area contributed by atoms with Gasteiger partial charge in [0.2, 0.25) is 0 Å². The van der Waals surface area contributed by atoms with Gasteiger partial charge in [-0.25, -0.2) is 4.79 Å². The number of benzene rings is 1. The molecule has 2 amide bonds. The van der Waals surface area contributed by atoms with Gasteiger partial charge in [-0.3, -0.25) is 0 Å². The summed E-state index contributed by atoms with van der Waals surface area (Å²) >= 11 is 3.35. The van der Waals surface area contributed by atoms with E-state index in [1.54, 1.807) is 19.2 Å². The average molecular weight is 341 g/mol. The summed E-state index contributed by atoms with van der Waals surface area (Å²) in [5, 5.41) is 14.7. The number of amides is 2. The SMILES string of the molecule is COc1ccc(Br)cc1NC(=O)N[C@@H]1C=C[C@H](CO)C1. The molecule has 20 heavy (non-hydrogen) atoms. The number of carbonyl (C=O) groups is 1. The van der Waals surface area contributed by atoms with Crippen LogP contribution in [0.25, 0.3) is 0 Å². The van der Waals surface area contributed by atoms with Crippen LogP contribution in [-0.4, -0.2) is 30.9 Å². The van der Waals surface area contributed by atoms with Crippen molar-refractivity contribution in [3.8, 4) is 5.75 Å². The highest BCUT2D eigenvalue weighted by Gasteiger charge is 2.20. The molecule has 0 unspecified atom stereocenters. The van der Waals surface area contributed by atoms with E-state index in [0.717, 1.165) is 10.9 Å². The molecule has 0 spiro atoms. The lowest BCUT2D eigenvalue weighted by Crippen LogP contribution is -2.36. The maximum absolute atomic E-state index is 12.0. The number of rotatable bonds is 4. The molecule has 0 saturated carbocycles. The van der Waals surface area contributed by atoms with Gasteiger partial charge < -0.3 is 20.5 Å². The van der Waals surface area contributed by atoms with Gasteiger partial charge in [0.05, 0.1) is 12.8 Å². The van der Waals surface area contributed by atoms with Crippen LogP contribution < -0.4 is 15.4 Å². The third kappa shape index (κ3) is 3.74. The molecule has 3 N–H and O–H groups in total. The summed E-state index contributed by atoms with van der Waals surface area (Å²) in [5.74, 6) is 0.722. The predicted octanol–water partition coefficient (Wildman–Crippen LogP) is 2.52. The summed E-state index contributed by atoms with van der Waals surface area (Å²) in [6, 6.07) is 5.05. The van der Waals surface area contributed by atoms with E-state index in [0.29, 0.717) is 11.4 Å². The summed E-state index contributed by atoms with van der Waals surface area (Å²) < 4.78 is 6.05. The number of carbonyl (C=O) groups excluding carboxylic acids is 1. The summed E-state index contributed by atoms with van der Waals surface area (Å²) in [7, 11) is 1.55. The first-order valence-electron chi connectivity index (χ1n) is 6.32. The zero-order valence-corrected chi connectivity index (χ0v) is 12.7. The zero-order valence-electron chi connectivity index (χ0n) is 11.1. The molecule has 1 aliphatic rings. The van der Waals surface area contributed by atoms with E-state index in [2.05, 4.69) is 26.6 Å². The number of urea groups is 1. The molecule has 1 aromatic carbocycles. The lowest BCUT2D eigenvalue weighted by molar-refractivity contribution is 0.238. The van der Waals surface area contributed by atoms with Crippen molar-refractivity contribution in [3.05, 3.63) is 34.8 Å². The number of nitrogens with one attached hydrogen (secondary N) is 2. The molecule has 0 heterocycles. The highest BCUT2D eigenvalue weighted by molar-refractivity contribution is 9.10. The summed E-state index contributed by atoms with van der Waals surface area (Å²) in [6.07, 6.45) is 4.54. The second-order valence-electron chi connectivity index (χ2n) is 4.61. The third-order valence-corrected chi connectivity index (χ3v) is 3.63. The van der Waals surface area contributed by atoms with Crippen LogP contribution in [0.15, 0.2) is 34.8 Å². The molecule has 0 radical (unpaired) electrons. The molecule has 0 aliphatic heterocycles. The molecular formula is C14H17BrN2O3. The first-order valence-corrected chi connectivity index (χ1v) is 7.12. The van der Waals surface area contributed by atoms with Crippen LogP contribution >= 0.6 is 15.9 Å². The molecule has 0 aromatic heterocycles. The Morgan fingerprint density at radius 1 is 1.50 bits per heavy atom. The van der Waals surface area contributed by atoms with Gasteiger partial charge in [-0.2, -0.15) is 0 Å². The summed E-state index contributed by atoms with van der Waals surface area (Å²) in [4.78, 5) is 12.0. The number of hydrogen-bond donors (Lipinski definition) is 3. The smallest absolute Gasteiger partial charge is 0.319 e. The first-order chi connectivity index (χ1) is 9.62. The van der Waals surface area contributed by atoms with Gasteiger partial charge in [0.1, 0.15) is 5.75 Å². The van der Waals surface area contributed by atoms with Gasteiger partial charge in [0.15, 0.2) is 0 Å². The van der Waals surface area contributed by atoms with Crippen molar-refractivity contribution < 1.29 is 14.6 Å². The molecule has 5 nitrogen and oxygen atoms in total. The highest BCUT2D eigenvalue weighted by atomic mass is 79.9. The van der Waals surface area contributed by atoms with Crippen molar-refractivity contribution in [1.82, 2.24) is 5.32 Å². The number of aliphatic hydroxyl groups is 1. The fraction of sp³-hybridized carbons (Fsp3) is 0.357. The van der Waals surface area contributed by atoms with Crippen molar-refractivity contribution in [1.29, 1.82) is 0 Å². The number of ether oxygens (including phenoxy) is 1. The van der Waals surface area contributed by atoms with Gasteiger partial charge in [0, 0.05) is 23.0 Å². The summed E-state index contributed by atoms with van der Waals surface area (Å²) in [6.45, 7) is 0.107. The molecule has 0 saturated heterocycles. The largest absolute Gasteiger partial charge is 0.495 e. The van der Waals surface area contributed by atoms with Gasteiger partial charge >= 0.3 is 6.03 Å². The van der Waals surface area contributed by atoms with E-state index >= 15 is 0 Å². The quantitative estimate of drug-likeness (QED) is 0.737. The average Bonchev–Trinajstić information content (AvgIpc) is 2.86. The third-order valence-electron chi connectivity index (χ3n) is 3.13. The predicted molar refractivity (Wildman–Crippen MR) is 81.0 cm³/mol. The molecule has 1 aromatic rings. The number of methoxy groups -OCH3 is 1. The lowest BCUT2D eigenvalue weighted by atomic mass is 10.1. The minimum Gasteiger partial charge on any atom is -0.495 e. The van der Waals surface area contributed by atoms with E-state index in [-0.39, 0.29) is 24.6 Å². The number of halogens is 1. The monoisotopic (exact) mass is 340 g/mol. The van der Waals surface area contributed by atoms with Gasteiger partial charge in [0.25, 0.3) is 0 Å². The van der Waals surface area contributed by atoms with E-state index in [9.17, 15) is 4.79 Å². The Kier molecular flexibility index (Phi) is 5.03. The second-order valence-corrected chi connectivity index (χ2v) is 5.53. The number of aliphatic hydroxyl groups excluding tert-OH is 1. The van der Waals surface area contributed by atoms with Crippen molar-refractivity contribution in [2.75, 3.05) is 19.0 Å². The van der Waals surface area contributed by atoms with Gasteiger partial charge in [-0.1, -0.05) is 28.1 Å². The molecule has 1 aliphatic carbocycles. The van der Waals surface area contributed by atoms with E-state index in [4.69, 9.17) is 9.84 Å². The van der Waals surface area contributed by atoms with Crippen molar-refractivity contribution in [2.24, 2.45) is 5.92 Å². The maximum Gasteiger partial charge on any atom is 0.319 e. The molecule has 0 bridgehead atoms. The Labute approximate surface area is 126 Å². The van der Waals surface area contributed by atoms with E-state index in [1.165, 1.54) is 0 Å². The summed E-state index contributed by atoms with van der Waals surface area (Å²) in [5.41, 5.74) is 0.597. The topological polar surface area (TPSA) is 70.6 Å². The van der Waals surface area contributed by atoms with Crippen molar-refractivity contribution in [2.45, 2.75) is 12.5 Å². The molecule has 2 atom stereocenters. The molecule has 2 rings (SSSR count). The zero-order chi connectivity index (χ0) is 14.5. The van der Waals surface area contributed by atoms with Crippen LogP contribution in [0.2, 0.25) is 0 Å². The van der Waals surface area contributed by atoms with Crippen molar-refractivity contribution >= 4 is 27.6 Å². The van der Waals surface area contributed by atoms with Crippen LogP contribution in [0.4, 0.5) is 10.5 Å². The maximum atomic E-state index is 12.0. The second kappa shape index (κ2) is 6.76. The minimum atomic E-state index is -0.297. The standard InChI is InChI=1S/C14H17BrN2O3/c1-20-13-5-3-10(15)7-12(13)17-14(19)16-11-4-2-9(6-11)8-18/h2-5,7,9,11,18H,6,8H2,1H3,(H2,16,17,19)/t9-,11+/m0/s1. The van der Waals surface area contributed by atoms with E-state index in [1.807, 2.05) is 18.2 Å². The molecule has 0 fully saturated rings. The Balaban J connectivity index is 1.95. The molecular weight excluding hydrogens is 324 g/mol. The van der Waals surface area contributed by atoms with Crippen LogP contribution in [0, 0.1) is 5.92 Å². The minimum absolute atomic E-state index is 0.0507. The highest BCUT2D eigenvalue weighted by Crippen LogP contribution is 2.28. The van der Waals surface area contributed by atoms with Crippen LogP contribution in [0.3, 0.4) is 0 Å². The molecule has 6 heteroatoms. The van der Waals surface area contributed by atoms with Crippen LogP contribution in [0.5, 0.6) is 5.75 Å². The fourth-order valence-electron chi connectivity index (χ4n) is 2.12. The normalized spacial score (nSPS) is 20.8. The van der Waals surface area contributed by atoms with Gasteiger partial charge in [-0.15, -0.1) is 0 Å². The fourth-order valence-corrected chi connectivity index (χ4v) is 2.48.